The fourth-order valence-electron chi connectivity index (χ4n) is 1.45. The van der Waals surface area contributed by atoms with Gasteiger partial charge in [-0.05, 0) is 25.1 Å². The minimum Gasteiger partial charge on any atom is -0.383 e. The molecule has 17 heavy (non-hydrogen) atoms. The Kier molecular flexibility index (Phi) is 5.51. The first kappa shape index (κ1) is 13.5. The van der Waals surface area contributed by atoms with Crippen molar-refractivity contribution in [2.45, 2.75) is 6.42 Å². The van der Waals surface area contributed by atoms with Gasteiger partial charge in [0.25, 0.3) is 5.69 Å². The Labute approximate surface area is 98.7 Å². The third-order valence-electron chi connectivity index (χ3n) is 2.29. The lowest BCUT2D eigenvalue weighted by atomic mass is 10.1. The summed E-state index contributed by atoms with van der Waals surface area (Å²) in [5, 5.41) is 13.8. The second-order valence-electron chi connectivity index (χ2n) is 3.52. The molecule has 0 saturated heterocycles. The Morgan fingerprint density at radius 1 is 1.47 bits per heavy atom. The van der Waals surface area contributed by atoms with E-state index in [-0.39, 0.29) is 5.69 Å². The first-order chi connectivity index (χ1) is 8.15. The number of nitro benzene ring substituents is 1. The maximum absolute atomic E-state index is 13.0. The van der Waals surface area contributed by atoms with Crippen molar-refractivity contribution in [1.82, 2.24) is 5.32 Å². The van der Waals surface area contributed by atoms with Gasteiger partial charge in [-0.3, -0.25) is 10.1 Å². The van der Waals surface area contributed by atoms with Gasteiger partial charge in [0.2, 0.25) is 0 Å². The normalized spacial score (nSPS) is 10.5. The average Bonchev–Trinajstić information content (AvgIpc) is 2.28. The van der Waals surface area contributed by atoms with E-state index < -0.39 is 10.7 Å². The predicted molar refractivity (Wildman–Crippen MR) is 61.5 cm³/mol. The van der Waals surface area contributed by atoms with Gasteiger partial charge in [-0.2, -0.15) is 0 Å². The highest BCUT2D eigenvalue weighted by atomic mass is 19.1. The van der Waals surface area contributed by atoms with Crippen LogP contribution in [0.2, 0.25) is 0 Å². The van der Waals surface area contributed by atoms with Crippen molar-refractivity contribution in [2.75, 3.05) is 26.8 Å². The number of nitrogens with one attached hydrogen (secondary N) is 1. The van der Waals surface area contributed by atoms with Gasteiger partial charge in [0, 0.05) is 25.3 Å². The van der Waals surface area contributed by atoms with Crippen molar-refractivity contribution in [1.29, 1.82) is 0 Å². The van der Waals surface area contributed by atoms with Crippen LogP contribution in [0.1, 0.15) is 5.56 Å². The van der Waals surface area contributed by atoms with E-state index in [4.69, 9.17) is 4.74 Å². The van der Waals surface area contributed by atoms with Crippen LogP contribution in [0.3, 0.4) is 0 Å². The Hall–Kier alpha value is -1.53. The molecule has 0 aromatic heterocycles. The summed E-state index contributed by atoms with van der Waals surface area (Å²) in [6.45, 7) is 1.79. The fourth-order valence-corrected chi connectivity index (χ4v) is 1.45. The molecule has 0 bridgehead atoms. The zero-order chi connectivity index (χ0) is 12.7. The summed E-state index contributed by atoms with van der Waals surface area (Å²) in [6.07, 6.45) is 0.414. The summed E-state index contributed by atoms with van der Waals surface area (Å²) in [7, 11) is 1.60. The van der Waals surface area contributed by atoms with E-state index in [2.05, 4.69) is 5.32 Å². The second-order valence-corrected chi connectivity index (χ2v) is 3.52. The molecule has 0 saturated carbocycles. The van der Waals surface area contributed by atoms with Crippen LogP contribution in [0.25, 0.3) is 0 Å². The van der Waals surface area contributed by atoms with Crippen molar-refractivity contribution in [2.24, 2.45) is 0 Å². The van der Waals surface area contributed by atoms with Gasteiger partial charge < -0.3 is 10.1 Å². The van der Waals surface area contributed by atoms with Gasteiger partial charge >= 0.3 is 0 Å². The molecule has 0 aliphatic rings. The molecule has 0 aliphatic carbocycles. The number of nitro groups is 1. The van der Waals surface area contributed by atoms with E-state index in [1.165, 1.54) is 12.1 Å². The fraction of sp³-hybridized carbons (Fsp3) is 0.455. The molecule has 1 N–H and O–H groups in total. The Morgan fingerprint density at radius 2 is 2.24 bits per heavy atom. The number of ether oxygens (including phenoxy) is 1. The SMILES string of the molecule is COCCNCCc1cc(F)ccc1[N+](=O)[O-]. The Balaban J connectivity index is 2.56. The van der Waals surface area contributed by atoms with Crippen molar-refractivity contribution < 1.29 is 14.1 Å². The highest BCUT2D eigenvalue weighted by Gasteiger charge is 2.13. The molecule has 0 fully saturated rings. The summed E-state index contributed by atoms with van der Waals surface area (Å²) < 4.78 is 17.8. The smallest absolute Gasteiger partial charge is 0.272 e. The highest BCUT2D eigenvalue weighted by molar-refractivity contribution is 5.40. The summed E-state index contributed by atoms with van der Waals surface area (Å²) >= 11 is 0. The first-order valence-electron chi connectivity index (χ1n) is 5.27. The molecule has 0 radical (unpaired) electrons. The summed E-state index contributed by atoms with van der Waals surface area (Å²) in [5.41, 5.74) is 0.361. The standard InChI is InChI=1S/C11H15FN2O3/c1-17-7-6-13-5-4-9-8-10(12)2-3-11(9)14(15)16/h2-3,8,13H,4-7H2,1H3. The topological polar surface area (TPSA) is 64.4 Å². The molecule has 0 unspecified atom stereocenters. The number of rotatable bonds is 7. The molecule has 1 aromatic rings. The van der Waals surface area contributed by atoms with Crippen LogP contribution in [0.5, 0.6) is 0 Å². The summed E-state index contributed by atoms with van der Waals surface area (Å²) in [4.78, 5) is 10.2. The molecule has 0 aliphatic heterocycles. The lowest BCUT2D eigenvalue weighted by molar-refractivity contribution is -0.385. The molecular weight excluding hydrogens is 227 g/mol. The number of hydrogen-bond donors (Lipinski definition) is 1. The molecule has 6 heteroatoms. The van der Waals surface area contributed by atoms with Crippen LogP contribution in [-0.4, -0.2) is 31.7 Å². The van der Waals surface area contributed by atoms with Gasteiger partial charge in [-0.25, -0.2) is 4.39 Å². The maximum Gasteiger partial charge on any atom is 0.272 e. The van der Waals surface area contributed by atoms with E-state index in [9.17, 15) is 14.5 Å². The first-order valence-corrected chi connectivity index (χ1v) is 5.27. The average molecular weight is 242 g/mol. The van der Waals surface area contributed by atoms with Gasteiger partial charge in [-0.15, -0.1) is 0 Å². The number of halogens is 1. The summed E-state index contributed by atoms with van der Waals surface area (Å²) in [5.74, 6) is -0.456. The molecule has 1 rings (SSSR count). The predicted octanol–water partition coefficient (Wildman–Crippen LogP) is 1.51. The highest BCUT2D eigenvalue weighted by Crippen LogP contribution is 2.19. The van der Waals surface area contributed by atoms with E-state index in [0.717, 1.165) is 6.07 Å². The van der Waals surface area contributed by atoms with Crippen LogP contribution in [0, 0.1) is 15.9 Å². The van der Waals surface area contributed by atoms with Crippen LogP contribution >= 0.6 is 0 Å². The number of benzene rings is 1. The molecule has 94 valence electrons. The number of hydrogen-bond acceptors (Lipinski definition) is 4. The molecule has 1 aromatic carbocycles. The molecule has 5 nitrogen and oxygen atoms in total. The van der Waals surface area contributed by atoms with E-state index in [0.29, 0.717) is 31.7 Å². The second kappa shape index (κ2) is 6.93. The van der Waals surface area contributed by atoms with Crippen LogP contribution in [0.4, 0.5) is 10.1 Å². The van der Waals surface area contributed by atoms with E-state index >= 15 is 0 Å². The molecule has 0 heterocycles. The minimum atomic E-state index is -0.496. The minimum absolute atomic E-state index is 0.0417. The van der Waals surface area contributed by atoms with Crippen molar-refractivity contribution in [3.8, 4) is 0 Å². The Bertz CT molecular complexity index is 385. The lowest BCUT2D eigenvalue weighted by Crippen LogP contribution is -2.22. The lowest BCUT2D eigenvalue weighted by Gasteiger charge is -2.05. The molecular formula is C11H15FN2O3. The van der Waals surface area contributed by atoms with Crippen LogP contribution < -0.4 is 5.32 Å². The zero-order valence-corrected chi connectivity index (χ0v) is 9.61. The maximum atomic E-state index is 13.0. The monoisotopic (exact) mass is 242 g/mol. The molecule has 0 atom stereocenters. The number of nitrogens with zero attached hydrogens (tertiary/aromatic N) is 1. The van der Waals surface area contributed by atoms with Gasteiger partial charge in [0.15, 0.2) is 0 Å². The molecule has 0 spiro atoms. The van der Waals surface area contributed by atoms with Crippen molar-refractivity contribution >= 4 is 5.69 Å². The largest absolute Gasteiger partial charge is 0.383 e. The quantitative estimate of drug-likeness (QED) is 0.447. The van der Waals surface area contributed by atoms with Crippen molar-refractivity contribution in [3.63, 3.8) is 0 Å². The number of methoxy groups -OCH3 is 1. The zero-order valence-electron chi connectivity index (χ0n) is 9.61. The van der Waals surface area contributed by atoms with Gasteiger partial charge in [0.05, 0.1) is 11.5 Å². The third kappa shape index (κ3) is 4.46. The van der Waals surface area contributed by atoms with Crippen molar-refractivity contribution in [3.05, 3.63) is 39.7 Å². The van der Waals surface area contributed by atoms with E-state index in [1.54, 1.807) is 7.11 Å². The van der Waals surface area contributed by atoms with Crippen LogP contribution in [-0.2, 0) is 11.2 Å². The van der Waals surface area contributed by atoms with Gasteiger partial charge in [0.1, 0.15) is 5.82 Å². The summed E-state index contributed by atoms with van der Waals surface area (Å²) in [6, 6.07) is 3.50. The Morgan fingerprint density at radius 3 is 2.88 bits per heavy atom. The molecule has 0 amide bonds. The van der Waals surface area contributed by atoms with E-state index in [1.807, 2.05) is 0 Å². The van der Waals surface area contributed by atoms with Gasteiger partial charge in [-0.1, -0.05) is 0 Å². The van der Waals surface area contributed by atoms with Crippen LogP contribution in [0.15, 0.2) is 18.2 Å². The third-order valence-corrected chi connectivity index (χ3v) is 2.29.